The summed E-state index contributed by atoms with van der Waals surface area (Å²) in [6.07, 6.45) is 0.801. The number of primary amides is 1. The van der Waals surface area contributed by atoms with Crippen LogP contribution in [0.15, 0.2) is 30.3 Å². The second kappa shape index (κ2) is 5.63. The first-order valence-corrected chi connectivity index (χ1v) is 5.23. The fraction of sp³-hybridized carbons (Fsp3) is 0.417. The van der Waals surface area contributed by atoms with Gasteiger partial charge in [-0.15, -0.1) is 0 Å². The first kappa shape index (κ1) is 12.7. The van der Waals surface area contributed by atoms with Crippen molar-refractivity contribution in [2.45, 2.75) is 18.9 Å². The number of amides is 1. The number of benzene rings is 1. The molecule has 0 heterocycles. The van der Waals surface area contributed by atoms with Crippen molar-refractivity contribution in [3.63, 3.8) is 0 Å². The van der Waals surface area contributed by atoms with E-state index in [9.17, 15) is 4.79 Å². The zero-order valence-electron chi connectivity index (χ0n) is 9.48. The third-order valence-electron chi connectivity index (χ3n) is 2.34. The average molecular weight is 222 g/mol. The molecule has 4 nitrogen and oxygen atoms in total. The normalized spacial score (nSPS) is 14.4. The SMILES string of the molecule is CC(N)(COCCc1ccccc1)C(N)=O. The Morgan fingerprint density at radius 3 is 2.56 bits per heavy atom. The van der Waals surface area contributed by atoms with E-state index in [0.717, 1.165) is 6.42 Å². The lowest BCUT2D eigenvalue weighted by atomic mass is 10.1. The summed E-state index contributed by atoms with van der Waals surface area (Å²) in [7, 11) is 0. The largest absolute Gasteiger partial charge is 0.379 e. The van der Waals surface area contributed by atoms with Gasteiger partial charge in [0.2, 0.25) is 5.91 Å². The first-order valence-electron chi connectivity index (χ1n) is 5.23. The molecule has 0 aromatic heterocycles. The van der Waals surface area contributed by atoms with Gasteiger partial charge < -0.3 is 16.2 Å². The van der Waals surface area contributed by atoms with Crippen molar-refractivity contribution in [1.29, 1.82) is 0 Å². The summed E-state index contributed by atoms with van der Waals surface area (Å²) >= 11 is 0. The Labute approximate surface area is 95.6 Å². The van der Waals surface area contributed by atoms with Crippen molar-refractivity contribution in [2.75, 3.05) is 13.2 Å². The van der Waals surface area contributed by atoms with Gasteiger partial charge in [0.25, 0.3) is 0 Å². The topological polar surface area (TPSA) is 78.3 Å². The molecule has 1 unspecified atom stereocenters. The predicted octanol–water partition coefficient (Wildman–Crippen LogP) is 0.448. The smallest absolute Gasteiger partial charge is 0.239 e. The van der Waals surface area contributed by atoms with E-state index >= 15 is 0 Å². The molecule has 0 aliphatic heterocycles. The highest BCUT2D eigenvalue weighted by Crippen LogP contribution is 2.02. The number of rotatable bonds is 6. The molecule has 1 amide bonds. The van der Waals surface area contributed by atoms with Crippen LogP contribution in [0.3, 0.4) is 0 Å². The minimum atomic E-state index is -1.09. The maximum atomic E-state index is 10.9. The number of nitrogens with two attached hydrogens (primary N) is 2. The number of carbonyl (C=O) groups is 1. The van der Waals surface area contributed by atoms with Crippen molar-refractivity contribution in [3.8, 4) is 0 Å². The van der Waals surface area contributed by atoms with Crippen molar-refractivity contribution < 1.29 is 9.53 Å². The number of hydrogen-bond acceptors (Lipinski definition) is 3. The van der Waals surface area contributed by atoms with Crippen LogP contribution >= 0.6 is 0 Å². The third-order valence-corrected chi connectivity index (χ3v) is 2.34. The summed E-state index contributed by atoms with van der Waals surface area (Å²) in [5, 5.41) is 0. The van der Waals surface area contributed by atoms with E-state index in [-0.39, 0.29) is 6.61 Å². The molecule has 1 rings (SSSR count). The number of hydrogen-bond donors (Lipinski definition) is 2. The van der Waals surface area contributed by atoms with Gasteiger partial charge >= 0.3 is 0 Å². The molecule has 0 radical (unpaired) electrons. The molecule has 4 heteroatoms. The molecule has 1 atom stereocenters. The van der Waals surface area contributed by atoms with Gasteiger partial charge in [-0.3, -0.25) is 4.79 Å². The molecule has 4 N–H and O–H groups in total. The van der Waals surface area contributed by atoms with E-state index in [1.165, 1.54) is 5.56 Å². The van der Waals surface area contributed by atoms with Gasteiger partial charge in [-0.2, -0.15) is 0 Å². The Hall–Kier alpha value is -1.39. The zero-order valence-corrected chi connectivity index (χ0v) is 9.48. The van der Waals surface area contributed by atoms with Gasteiger partial charge in [0.15, 0.2) is 0 Å². The van der Waals surface area contributed by atoms with Crippen LogP contribution in [-0.4, -0.2) is 24.7 Å². The fourth-order valence-corrected chi connectivity index (χ4v) is 1.19. The molecule has 0 aliphatic carbocycles. The molecule has 1 aromatic rings. The van der Waals surface area contributed by atoms with Gasteiger partial charge in [-0.05, 0) is 18.9 Å². The van der Waals surface area contributed by atoms with E-state index in [0.29, 0.717) is 6.61 Å². The lowest BCUT2D eigenvalue weighted by Gasteiger charge is -2.20. The highest BCUT2D eigenvalue weighted by molar-refractivity contribution is 5.83. The third kappa shape index (κ3) is 4.00. The Balaban J connectivity index is 2.25. The van der Waals surface area contributed by atoms with Crippen LogP contribution in [0, 0.1) is 0 Å². The van der Waals surface area contributed by atoms with Crippen LogP contribution in [0.4, 0.5) is 0 Å². The lowest BCUT2D eigenvalue weighted by Crippen LogP contribution is -2.53. The quantitative estimate of drug-likeness (QED) is 0.686. The Morgan fingerprint density at radius 2 is 2.00 bits per heavy atom. The van der Waals surface area contributed by atoms with Crippen LogP contribution in [0.2, 0.25) is 0 Å². The molecule has 0 spiro atoms. The molecule has 88 valence electrons. The summed E-state index contributed by atoms with van der Waals surface area (Å²) in [6, 6.07) is 9.98. The monoisotopic (exact) mass is 222 g/mol. The van der Waals surface area contributed by atoms with E-state index < -0.39 is 11.4 Å². The van der Waals surface area contributed by atoms with Crippen molar-refractivity contribution in [1.82, 2.24) is 0 Å². The molecular formula is C12H18N2O2. The average Bonchev–Trinajstić information content (AvgIpc) is 2.26. The number of carbonyl (C=O) groups excluding carboxylic acids is 1. The van der Waals surface area contributed by atoms with E-state index in [4.69, 9.17) is 16.2 Å². The van der Waals surface area contributed by atoms with Gasteiger partial charge in [0, 0.05) is 0 Å². The van der Waals surface area contributed by atoms with E-state index in [1.54, 1.807) is 6.92 Å². The van der Waals surface area contributed by atoms with E-state index in [1.807, 2.05) is 30.3 Å². The second-order valence-electron chi connectivity index (χ2n) is 4.07. The van der Waals surface area contributed by atoms with Crippen molar-refractivity contribution in [3.05, 3.63) is 35.9 Å². The maximum absolute atomic E-state index is 10.9. The van der Waals surface area contributed by atoms with Crippen LogP contribution in [0.25, 0.3) is 0 Å². The molecule has 16 heavy (non-hydrogen) atoms. The zero-order chi connectivity index (χ0) is 12.0. The minimum absolute atomic E-state index is 0.148. The molecule has 1 aromatic carbocycles. The Kier molecular flexibility index (Phi) is 4.46. The van der Waals surface area contributed by atoms with Gasteiger partial charge in [-0.25, -0.2) is 0 Å². The standard InChI is InChI=1S/C12H18N2O2/c1-12(14,11(13)15)9-16-8-7-10-5-3-2-4-6-10/h2-6H,7-9,14H2,1H3,(H2,13,15). The highest BCUT2D eigenvalue weighted by atomic mass is 16.5. The first-order chi connectivity index (χ1) is 7.52. The molecule has 0 aliphatic rings. The Bertz CT molecular complexity index is 336. The summed E-state index contributed by atoms with van der Waals surface area (Å²) < 4.78 is 5.34. The van der Waals surface area contributed by atoms with Crippen molar-refractivity contribution in [2.24, 2.45) is 11.5 Å². The summed E-state index contributed by atoms with van der Waals surface area (Å²) in [4.78, 5) is 10.9. The number of ether oxygens (including phenoxy) is 1. The van der Waals surface area contributed by atoms with Gasteiger partial charge in [0.1, 0.15) is 5.54 Å². The second-order valence-corrected chi connectivity index (χ2v) is 4.07. The van der Waals surface area contributed by atoms with E-state index in [2.05, 4.69) is 0 Å². The summed E-state index contributed by atoms with van der Waals surface area (Å²) in [5.74, 6) is -0.549. The van der Waals surface area contributed by atoms with Gasteiger partial charge in [-0.1, -0.05) is 30.3 Å². The highest BCUT2D eigenvalue weighted by Gasteiger charge is 2.25. The molecule has 0 saturated heterocycles. The summed E-state index contributed by atoms with van der Waals surface area (Å²) in [5.41, 5.74) is 10.9. The predicted molar refractivity (Wildman–Crippen MR) is 62.8 cm³/mol. The fourth-order valence-electron chi connectivity index (χ4n) is 1.19. The maximum Gasteiger partial charge on any atom is 0.239 e. The van der Waals surface area contributed by atoms with Gasteiger partial charge in [0.05, 0.1) is 13.2 Å². The molecule has 0 saturated carbocycles. The van der Waals surface area contributed by atoms with Crippen LogP contribution in [0.5, 0.6) is 0 Å². The van der Waals surface area contributed by atoms with Crippen LogP contribution < -0.4 is 11.5 Å². The molecular weight excluding hydrogens is 204 g/mol. The van der Waals surface area contributed by atoms with Crippen molar-refractivity contribution >= 4 is 5.91 Å². The minimum Gasteiger partial charge on any atom is -0.379 e. The Morgan fingerprint density at radius 1 is 1.38 bits per heavy atom. The lowest BCUT2D eigenvalue weighted by molar-refractivity contribution is -0.124. The molecule has 0 fully saturated rings. The van der Waals surface area contributed by atoms with Crippen LogP contribution in [-0.2, 0) is 16.0 Å². The molecule has 0 bridgehead atoms. The van der Waals surface area contributed by atoms with Crippen LogP contribution in [0.1, 0.15) is 12.5 Å². The summed E-state index contributed by atoms with van der Waals surface area (Å²) in [6.45, 7) is 2.25.